The second-order valence-corrected chi connectivity index (χ2v) is 17.8. The fourth-order valence-electron chi connectivity index (χ4n) is 12.1. The van der Waals surface area contributed by atoms with Gasteiger partial charge in [-0.1, -0.05) is 53.2 Å². The van der Waals surface area contributed by atoms with Crippen molar-refractivity contribution >= 4 is 5.97 Å². The molecule has 268 valence electrons. The lowest BCUT2D eigenvalue weighted by atomic mass is 9.33. The quantitative estimate of drug-likeness (QED) is 0.160. The van der Waals surface area contributed by atoms with Gasteiger partial charge in [0.25, 0.3) is 0 Å². The average molecular weight is 667 g/mol. The number of ether oxygens (including phenoxy) is 2. The summed E-state index contributed by atoms with van der Waals surface area (Å²) in [6.45, 7) is 11.9. The van der Waals surface area contributed by atoms with Crippen LogP contribution in [0.5, 0.6) is 0 Å². The van der Waals surface area contributed by atoms with E-state index >= 15 is 0 Å². The Morgan fingerprint density at radius 1 is 0.851 bits per heavy atom. The highest BCUT2D eigenvalue weighted by Crippen LogP contribution is 2.75. The van der Waals surface area contributed by atoms with Crippen molar-refractivity contribution in [2.45, 2.75) is 142 Å². The zero-order chi connectivity index (χ0) is 34.7. The van der Waals surface area contributed by atoms with Gasteiger partial charge in [0, 0.05) is 11.3 Å². The molecule has 4 saturated carbocycles. The van der Waals surface area contributed by atoms with E-state index in [9.17, 15) is 45.6 Å². The predicted molar refractivity (Wildman–Crippen MR) is 169 cm³/mol. The molecule has 8 N–H and O–H groups in total. The van der Waals surface area contributed by atoms with Gasteiger partial charge in [0.05, 0.1) is 36.9 Å². The Hall–Kier alpha value is -1.15. The lowest BCUT2D eigenvalue weighted by Gasteiger charge is -2.71. The Kier molecular flexibility index (Phi) is 8.68. The first kappa shape index (κ1) is 35.7. The number of aliphatic hydroxyl groups excluding tert-OH is 8. The molecular weight excluding hydrogens is 608 g/mol. The van der Waals surface area contributed by atoms with Crippen LogP contribution < -0.4 is 0 Å². The van der Waals surface area contributed by atoms with Crippen molar-refractivity contribution < 1.29 is 55.1 Å². The smallest absolute Gasteiger partial charge is 0.315 e. The zero-order valence-electron chi connectivity index (χ0n) is 28.8. The monoisotopic (exact) mass is 666 g/mol. The first-order valence-corrected chi connectivity index (χ1v) is 17.7. The third-order valence-electron chi connectivity index (χ3n) is 15.4. The molecule has 11 heteroatoms. The number of rotatable bonds is 4. The van der Waals surface area contributed by atoms with Crippen molar-refractivity contribution in [3.63, 3.8) is 0 Å². The van der Waals surface area contributed by atoms with Crippen LogP contribution in [0.1, 0.15) is 92.9 Å². The molecule has 0 spiro atoms. The summed E-state index contributed by atoms with van der Waals surface area (Å²) in [5.41, 5.74) is -2.46. The lowest BCUT2D eigenvalue weighted by Crippen LogP contribution is -2.69. The lowest BCUT2D eigenvalue weighted by molar-refractivity contribution is -0.298. The number of allylic oxidation sites excluding steroid dienone is 1. The molecule has 0 aromatic carbocycles. The molecule has 6 rings (SSSR count). The van der Waals surface area contributed by atoms with Gasteiger partial charge in [0.2, 0.25) is 6.29 Å². The van der Waals surface area contributed by atoms with Crippen LogP contribution in [0.15, 0.2) is 11.6 Å². The van der Waals surface area contributed by atoms with Crippen molar-refractivity contribution in [2.75, 3.05) is 13.2 Å². The molecule has 0 amide bonds. The van der Waals surface area contributed by atoms with Crippen LogP contribution in [0, 0.1) is 50.2 Å². The van der Waals surface area contributed by atoms with Gasteiger partial charge >= 0.3 is 5.97 Å². The normalized spacial score (nSPS) is 55.4. The molecule has 0 radical (unpaired) electrons. The Labute approximate surface area is 278 Å². The van der Waals surface area contributed by atoms with E-state index in [0.29, 0.717) is 38.5 Å². The first-order chi connectivity index (χ1) is 21.8. The number of hydrogen-bond acceptors (Lipinski definition) is 11. The van der Waals surface area contributed by atoms with E-state index in [0.717, 1.165) is 18.4 Å². The first-order valence-electron chi connectivity index (χ1n) is 17.7. The summed E-state index contributed by atoms with van der Waals surface area (Å²) >= 11 is 0. The summed E-state index contributed by atoms with van der Waals surface area (Å²) in [6.07, 6.45) is -3.62. The van der Waals surface area contributed by atoms with E-state index in [1.54, 1.807) is 0 Å². The van der Waals surface area contributed by atoms with Crippen LogP contribution in [0.3, 0.4) is 0 Å². The SMILES string of the molecule is CC1(C)CC[C@]2(C(=O)O[C@@H]3O[C@H](CO)[C@@H](O)[C@H](O)[C@H]3O)CC[C@]3(C)C(=CC[C@H]4[C@@]5(C)C[C@@H](O)[C@H](O)[C@](C)(CO)[C@@H]5CC[C@]43C)[C@@H]2[C@@H]1O. The average Bonchev–Trinajstić information content (AvgIpc) is 3.02. The molecule has 5 aliphatic carbocycles. The van der Waals surface area contributed by atoms with E-state index in [-0.39, 0.29) is 29.3 Å². The molecule has 11 nitrogen and oxygen atoms in total. The zero-order valence-corrected chi connectivity index (χ0v) is 28.8. The fraction of sp³-hybridized carbons (Fsp3) is 0.917. The summed E-state index contributed by atoms with van der Waals surface area (Å²) in [5, 5.41) is 85.9. The molecule has 1 saturated heterocycles. The van der Waals surface area contributed by atoms with Crippen molar-refractivity contribution in [1.29, 1.82) is 0 Å². The minimum Gasteiger partial charge on any atom is -0.432 e. The van der Waals surface area contributed by atoms with Gasteiger partial charge in [0.1, 0.15) is 24.4 Å². The molecule has 0 unspecified atom stereocenters. The number of carbonyl (C=O) groups is 1. The third kappa shape index (κ3) is 4.67. The summed E-state index contributed by atoms with van der Waals surface area (Å²) in [4.78, 5) is 14.4. The minimum absolute atomic E-state index is 0.00502. The number of carbonyl (C=O) groups excluding carboxylic acids is 1. The van der Waals surface area contributed by atoms with Gasteiger partial charge < -0.3 is 50.3 Å². The number of esters is 1. The van der Waals surface area contributed by atoms with Gasteiger partial charge in [-0.2, -0.15) is 0 Å². The van der Waals surface area contributed by atoms with Crippen LogP contribution >= 0.6 is 0 Å². The minimum atomic E-state index is -1.72. The Morgan fingerprint density at radius 2 is 1.51 bits per heavy atom. The molecule has 47 heavy (non-hydrogen) atoms. The highest BCUT2D eigenvalue weighted by Gasteiger charge is 2.72. The highest BCUT2D eigenvalue weighted by molar-refractivity contribution is 5.79. The molecule has 1 aliphatic heterocycles. The van der Waals surface area contributed by atoms with Crippen LogP contribution in [0.4, 0.5) is 0 Å². The van der Waals surface area contributed by atoms with Crippen molar-refractivity contribution in [3.05, 3.63) is 11.6 Å². The van der Waals surface area contributed by atoms with Gasteiger partial charge in [-0.25, -0.2) is 0 Å². The van der Waals surface area contributed by atoms with Gasteiger partial charge in [-0.3, -0.25) is 4.79 Å². The van der Waals surface area contributed by atoms with E-state index < -0.39 is 89.2 Å². The standard InChI is InChI=1S/C36H58O11/c1-31(2)11-13-36(30(45)47-29-26(42)25(41)24(40)20(16-37)46-29)14-12-34(5)18(23(36)28(31)44)7-8-22-32(3)15-19(39)27(43)33(4,17-38)21(32)9-10-35(22,34)6/h7,19-29,37-44H,8-17H2,1-6H3/t19-,20-,21-,22+,23-,24-,25+,26-,27+,28+,29+,32+,33-,34-,35-,36+/m1/s1. The number of hydrogen-bond donors (Lipinski definition) is 8. The Bertz CT molecular complexity index is 1270. The van der Waals surface area contributed by atoms with Crippen molar-refractivity contribution in [3.8, 4) is 0 Å². The Balaban J connectivity index is 1.39. The second-order valence-electron chi connectivity index (χ2n) is 17.8. The number of aliphatic hydroxyl groups is 8. The molecule has 0 aromatic heterocycles. The van der Waals surface area contributed by atoms with Crippen LogP contribution in [-0.2, 0) is 14.3 Å². The van der Waals surface area contributed by atoms with E-state index in [4.69, 9.17) is 9.47 Å². The summed E-state index contributed by atoms with van der Waals surface area (Å²) < 4.78 is 11.4. The molecule has 1 heterocycles. The molecule has 6 aliphatic rings. The highest BCUT2D eigenvalue weighted by atomic mass is 16.7. The molecule has 5 fully saturated rings. The van der Waals surface area contributed by atoms with Crippen LogP contribution in [0.2, 0.25) is 0 Å². The Morgan fingerprint density at radius 3 is 2.15 bits per heavy atom. The molecule has 0 bridgehead atoms. The van der Waals surface area contributed by atoms with Gasteiger partial charge in [-0.05, 0) is 84.9 Å². The van der Waals surface area contributed by atoms with Gasteiger partial charge in [-0.15, -0.1) is 0 Å². The predicted octanol–water partition coefficient (Wildman–Crippen LogP) is 1.41. The van der Waals surface area contributed by atoms with Gasteiger partial charge in [0.15, 0.2) is 0 Å². The molecule has 16 atom stereocenters. The van der Waals surface area contributed by atoms with Crippen molar-refractivity contribution in [1.82, 2.24) is 0 Å². The fourth-order valence-corrected chi connectivity index (χ4v) is 12.1. The molecular formula is C36H58O11. The molecule has 0 aromatic rings. The van der Waals surface area contributed by atoms with Crippen LogP contribution in [-0.4, -0.2) is 109 Å². The number of fused-ring (bicyclic) bond motifs is 7. The van der Waals surface area contributed by atoms with E-state index in [2.05, 4.69) is 26.8 Å². The van der Waals surface area contributed by atoms with E-state index in [1.165, 1.54) is 0 Å². The van der Waals surface area contributed by atoms with Crippen LogP contribution in [0.25, 0.3) is 0 Å². The van der Waals surface area contributed by atoms with Crippen molar-refractivity contribution in [2.24, 2.45) is 50.2 Å². The largest absolute Gasteiger partial charge is 0.432 e. The maximum Gasteiger partial charge on any atom is 0.315 e. The van der Waals surface area contributed by atoms with E-state index in [1.807, 2.05) is 20.8 Å². The summed E-state index contributed by atoms with van der Waals surface area (Å²) in [5.74, 6) is -1.08. The second kappa shape index (κ2) is 11.4. The maximum absolute atomic E-state index is 14.4. The summed E-state index contributed by atoms with van der Waals surface area (Å²) in [7, 11) is 0. The topological polar surface area (TPSA) is 197 Å². The maximum atomic E-state index is 14.4. The summed E-state index contributed by atoms with van der Waals surface area (Å²) in [6, 6.07) is 0. The third-order valence-corrected chi connectivity index (χ3v) is 15.4.